The maximum Gasteiger partial charge on any atom is 0.511 e. The molecule has 0 saturated carbocycles. The average molecular weight is 461 g/mol. The lowest BCUT2D eigenvalue weighted by Gasteiger charge is -2.14. The molecule has 0 aliphatic rings. The lowest BCUT2D eigenvalue weighted by molar-refractivity contribution is 0.145. The van der Waals surface area contributed by atoms with Gasteiger partial charge in [-0.05, 0) is 36.4 Å². The molecule has 0 saturated heterocycles. The van der Waals surface area contributed by atoms with Crippen LogP contribution in [0.3, 0.4) is 0 Å². The summed E-state index contributed by atoms with van der Waals surface area (Å²) in [5.74, 6) is 0.229. The normalized spacial score (nSPS) is 10.9. The summed E-state index contributed by atoms with van der Waals surface area (Å²) in [7, 11) is 0. The number of hydrogen-bond acceptors (Lipinski definition) is 4. The first-order chi connectivity index (χ1) is 14.9. The molecule has 0 bridgehead atoms. The molecule has 0 fully saturated rings. The molecule has 0 amide bonds. The lowest BCUT2D eigenvalue weighted by atomic mass is 10.2. The SMILES string of the molecule is O=C(O)Oc1cncc2c1ccn2Cc1cc(Cl)ccc1OCc1ccc(Cl)cc1F. The van der Waals surface area contributed by atoms with Crippen molar-refractivity contribution < 1.29 is 23.8 Å². The average Bonchev–Trinajstić information content (AvgIpc) is 3.12. The van der Waals surface area contributed by atoms with Crippen LogP contribution in [0.4, 0.5) is 9.18 Å². The Labute approximate surface area is 186 Å². The Balaban J connectivity index is 1.62. The van der Waals surface area contributed by atoms with Gasteiger partial charge in [-0.3, -0.25) is 4.98 Å². The molecule has 0 radical (unpaired) electrons. The first-order valence-electron chi connectivity index (χ1n) is 9.09. The highest BCUT2D eigenvalue weighted by atomic mass is 35.5. The van der Waals surface area contributed by atoms with Crippen molar-refractivity contribution >= 4 is 40.3 Å². The number of benzene rings is 2. The molecule has 9 heteroatoms. The van der Waals surface area contributed by atoms with Crippen molar-refractivity contribution in [2.24, 2.45) is 0 Å². The van der Waals surface area contributed by atoms with Crippen molar-refractivity contribution in [2.45, 2.75) is 13.2 Å². The predicted octanol–water partition coefficient (Wildman–Crippen LogP) is 6.17. The van der Waals surface area contributed by atoms with Crippen LogP contribution in [-0.2, 0) is 13.2 Å². The van der Waals surface area contributed by atoms with Gasteiger partial charge in [0.25, 0.3) is 0 Å². The minimum absolute atomic E-state index is 0.0161. The molecule has 0 atom stereocenters. The fourth-order valence-corrected chi connectivity index (χ4v) is 3.54. The molecule has 0 spiro atoms. The third-order valence-electron chi connectivity index (χ3n) is 4.62. The maximum absolute atomic E-state index is 14.1. The summed E-state index contributed by atoms with van der Waals surface area (Å²) in [5.41, 5.74) is 1.80. The van der Waals surface area contributed by atoms with Gasteiger partial charge in [0, 0.05) is 32.8 Å². The zero-order valence-corrected chi connectivity index (χ0v) is 17.4. The molecule has 2 heterocycles. The number of hydrogen-bond donors (Lipinski definition) is 1. The van der Waals surface area contributed by atoms with Gasteiger partial charge >= 0.3 is 6.16 Å². The number of pyridine rings is 1. The van der Waals surface area contributed by atoms with Crippen LogP contribution < -0.4 is 9.47 Å². The molecule has 6 nitrogen and oxygen atoms in total. The van der Waals surface area contributed by atoms with Gasteiger partial charge < -0.3 is 19.1 Å². The molecule has 31 heavy (non-hydrogen) atoms. The Morgan fingerprint density at radius 1 is 1.03 bits per heavy atom. The summed E-state index contributed by atoms with van der Waals surface area (Å²) in [4.78, 5) is 15.0. The van der Waals surface area contributed by atoms with Gasteiger partial charge in [0.05, 0.1) is 24.5 Å². The number of ether oxygens (including phenoxy) is 2. The highest BCUT2D eigenvalue weighted by Gasteiger charge is 2.13. The zero-order valence-electron chi connectivity index (χ0n) is 15.9. The number of halogens is 3. The highest BCUT2D eigenvalue weighted by molar-refractivity contribution is 6.30. The van der Waals surface area contributed by atoms with E-state index in [1.165, 1.54) is 12.3 Å². The fraction of sp³-hybridized carbons (Fsp3) is 0.0909. The lowest BCUT2D eigenvalue weighted by Crippen LogP contribution is -2.05. The van der Waals surface area contributed by atoms with Crippen LogP contribution in [0.1, 0.15) is 11.1 Å². The topological polar surface area (TPSA) is 73.6 Å². The number of carboxylic acid groups (broad SMARTS) is 1. The Morgan fingerprint density at radius 3 is 2.58 bits per heavy atom. The Kier molecular flexibility index (Phi) is 5.97. The first-order valence-corrected chi connectivity index (χ1v) is 9.85. The molecule has 4 aromatic rings. The van der Waals surface area contributed by atoms with Crippen LogP contribution in [0.2, 0.25) is 10.0 Å². The van der Waals surface area contributed by atoms with E-state index in [2.05, 4.69) is 4.98 Å². The summed E-state index contributed by atoms with van der Waals surface area (Å²) in [6, 6.07) is 11.3. The van der Waals surface area contributed by atoms with Crippen molar-refractivity contribution in [1.29, 1.82) is 0 Å². The summed E-state index contributed by atoms with van der Waals surface area (Å²) in [5, 5.41) is 10.3. The summed E-state index contributed by atoms with van der Waals surface area (Å²) < 4.78 is 26.6. The maximum atomic E-state index is 14.1. The molecule has 0 aliphatic heterocycles. The van der Waals surface area contributed by atoms with Crippen molar-refractivity contribution in [3.05, 3.63) is 88.0 Å². The monoisotopic (exact) mass is 460 g/mol. The second kappa shape index (κ2) is 8.83. The number of rotatable bonds is 6. The summed E-state index contributed by atoms with van der Waals surface area (Å²) in [6.07, 6.45) is 3.32. The zero-order chi connectivity index (χ0) is 22.0. The van der Waals surface area contributed by atoms with Crippen LogP contribution in [0, 0.1) is 5.82 Å². The van der Waals surface area contributed by atoms with Gasteiger partial charge in [0.15, 0.2) is 5.75 Å². The van der Waals surface area contributed by atoms with E-state index in [0.29, 0.717) is 38.8 Å². The standard InChI is InChI=1S/C22H15Cl2FN2O4/c23-15-3-4-20(30-12-13-1-2-16(24)8-18(13)25)14(7-15)11-27-6-5-17-19(27)9-26-10-21(17)31-22(28)29/h1-10H,11-12H2,(H,28,29). The third kappa shape index (κ3) is 4.73. The van der Waals surface area contributed by atoms with Crippen LogP contribution in [-0.4, -0.2) is 20.8 Å². The Morgan fingerprint density at radius 2 is 1.81 bits per heavy atom. The van der Waals surface area contributed by atoms with E-state index >= 15 is 0 Å². The number of carbonyl (C=O) groups is 1. The number of aromatic nitrogens is 2. The molecular formula is C22H15Cl2FN2O4. The second-order valence-electron chi connectivity index (χ2n) is 6.66. The molecule has 2 aromatic carbocycles. The van der Waals surface area contributed by atoms with E-state index in [4.69, 9.17) is 37.8 Å². The Bertz CT molecular complexity index is 1280. The molecule has 4 rings (SSSR count). The van der Waals surface area contributed by atoms with Crippen molar-refractivity contribution in [2.75, 3.05) is 0 Å². The summed E-state index contributed by atoms with van der Waals surface area (Å²) in [6.45, 7) is 0.378. The number of nitrogens with zero attached hydrogens (tertiary/aromatic N) is 2. The van der Waals surface area contributed by atoms with Crippen LogP contribution >= 0.6 is 23.2 Å². The van der Waals surface area contributed by atoms with E-state index in [9.17, 15) is 9.18 Å². The molecule has 0 aliphatic carbocycles. The van der Waals surface area contributed by atoms with E-state index in [0.717, 1.165) is 5.56 Å². The van der Waals surface area contributed by atoms with E-state index in [1.54, 1.807) is 48.8 Å². The van der Waals surface area contributed by atoms with Crippen molar-refractivity contribution in [1.82, 2.24) is 9.55 Å². The van der Waals surface area contributed by atoms with Gasteiger partial charge in [0.2, 0.25) is 0 Å². The molecular weight excluding hydrogens is 446 g/mol. The van der Waals surface area contributed by atoms with Crippen LogP contribution in [0.5, 0.6) is 11.5 Å². The third-order valence-corrected chi connectivity index (χ3v) is 5.09. The fourth-order valence-electron chi connectivity index (χ4n) is 3.19. The van der Waals surface area contributed by atoms with Gasteiger partial charge in [0.1, 0.15) is 18.2 Å². The van der Waals surface area contributed by atoms with Gasteiger partial charge in [-0.2, -0.15) is 0 Å². The van der Waals surface area contributed by atoms with Gasteiger partial charge in [-0.1, -0.05) is 29.3 Å². The Hall–Kier alpha value is -3.29. The van der Waals surface area contributed by atoms with Gasteiger partial charge in [-0.15, -0.1) is 0 Å². The minimum atomic E-state index is -1.41. The van der Waals surface area contributed by atoms with E-state index in [1.807, 2.05) is 4.57 Å². The molecule has 158 valence electrons. The first kappa shape index (κ1) is 21.0. The van der Waals surface area contributed by atoms with Gasteiger partial charge in [-0.25, -0.2) is 9.18 Å². The quantitative estimate of drug-likeness (QED) is 0.348. The number of fused-ring (bicyclic) bond motifs is 1. The van der Waals surface area contributed by atoms with Crippen molar-refractivity contribution in [3.8, 4) is 11.5 Å². The van der Waals surface area contributed by atoms with Crippen LogP contribution in [0.25, 0.3) is 10.9 Å². The van der Waals surface area contributed by atoms with E-state index < -0.39 is 12.0 Å². The highest BCUT2D eigenvalue weighted by Crippen LogP contribution is 2.29. The van der Waals surface area contributed by atoms with Crippen molar-refractivity contribution in [3.63, 3.8) is 0 Å². The smallest absolute Gasteiger partial charge is 0.488 e. The summed E-state index contributed by atoms with van der Waals surface area (Å²) >= 11 is 12.0. The van der Waals surface area contributed by atoms with Crippen LogP contribution in [0.15, 0.2) is 61.1 Å². The minimum Gasteiger partial charge on any atom is -0.488 e. The van der Waals surface area contributed by atoms with E-state index in [-0.39, 0.29) is 12.4 Å². The molecule has 2 aromatic heterocycles. The molecule has 0 unspecified atom stereocenters. The predicted molar refractivity (Wildman–Crippen MR) is 115 cm³/mol. The second-order valence-corrected chi connectivity index (χ2v) is 7.53. The molecule has 1 N–H and O–H groups in total. The largest absolute Gasteiger partial charge is 0.511 e.